The van der Waals surface area contributed by atoms with E-state index in [2.05, 4.69) is 10.2 Å². The molecule has 0 amide bonds. The van der Waals surface area contributed by atoms with Gasteiger partial charge < -0.3 is 4.74 Å². The molecular formula is C27H20ClN3O2S. The maximum absolute atomic E-state index is 13.0. The maximum atomic E-state index is 13.0. The van der Waals surface area contributed by atoms with Crippen LogP contribution in [-0.2, 0) is 0 Å². The molecule has 5 aromatic rings. The van der Waals surface area contributed by atoms with E-state index in [1.165, 1.54) is 11.8 Å². The molecule has 0 aliphatic carbocycles. The van der Waals surface area contributed by atoms with E-state index in [0.29, 0.717) is 21.6 Å². The van der Waals surface area contributed by atoms with Gasteiger partial charge in [0.1, 0.15) is 5.75 Å². The summed E-state index contributed by atoms with van der Waals surface area (Å²) in [6.07, 6.45) is 0. The number of aromatic nitrogens is 3. The zero-order valence-electron chi connectivity index (χ0n) is 18.3. The number of halogens is 1. The van der Waals surface area contributed by atoms with Crippen molar-refractivity contribution in [3.8, 4) is 22.8 Å². The van der Waals surface area contributed by atoms with Crippen molar-refractivity contribution in [2.24, 2.45) is 0 Å². The van der Waals surface area contributed by atoms with Crippen molar-refractivity contribution in [3.63, 3.8) is 0 Å². The number of methoxy groups -OCH3 is 1. The third-order valence-corrected chi connectivity index (χ3v) is 6.65. The molecule has 168 valence electrons. The summed E-state index contributed by atoms with van der Waals surface area (Å²) in [5, 5.41) is 12.3. The average molecular weight is 486 g/mol. The first kappa shape index (κ1) is 22.2. The van der Waals surface area contributed by atoms with Gasteiger partial charge in [-0.25, -0.2) is 0 Å². The van der Waals surface area contributed by atoms with Crippen molar-refractivity contribution in [3.05, 3.63) is 102 Å². The molecule has 0 bridgehead atoms. The Kier molecular flexibility index (Phi) is 6.34. The predicted octanol–water partition coefficient (Wildman–Crippen LogP) is 6.72. The molecule has 1 heterocycles. The summed E-state index contributed by atoms with van der Waals surface area (Å²) >= 11 is 7.47. The van der Waals surface area contributed by atoms with Gasteiger partial charge in [-0.3, -0.25) is 9.36 Å². The fraction of sp³-hybridized carbons (Fsp3) is 0.0741. The zero-order chi connectivity index (χ0) is 23.5. The molecule has 0 fully saturated rings. The van der Waals surface area contributed by atoms with Crippen LogP contribution in [0.1, 0.15) is 10.4 Å². The normalized spacial score (nSPS) is 11.0. The minimum Gasteiger partial charge on any atom is -0.497 e. The number of hydrogen-bond donors (Lipinski definition) is 0. The quantitative estimate of drug-likeness (QED) is 0.189. The number of nitrogens with zero attached hydrogens (tertiary/aromatic N) is 3. The third-order valence-electron chi connectivity index (χ3n) is 5.47. The fourth-order valence-corrected chi connectivity index (χ4v) is 4.66. The molecule has 0 saturated heterocycles. The number of ketones is 1. The Morgan fingerprint density at radius 2 is 1.65 bits per heavy atom. The lowest BCUT2D eigenvalue weighted by Crippen LogP contribution is -2.05. The SMILES string of the molecule is COc1ccc(-c2nnc(SCC(=O)c3ccc4ccccc4c3)n2-c2ccc(Cl)cc2)cc1. The van der Waals surface area contributed by atoms with E-state index in [0.717, 1.165) is 27.8 Å². The highest BCUT2D eigenvalue weighted by Gasteiger charge is 2.18. The second-order valence-electron chi connectivity index (χ2n) is 7.62. The van der Waals surface area contributed by atoms with Gasteiger partial charge in [-0.2, -0.15) is 0 Å². The maximum Gasteiger partial charge on any atom is 0.196 e. The number of benzene rings is 4. The predicted molar refractivity (Wildman–Crippen MR) is 137 cm³/mol. The van der Waals surface area contributed by atoms with Crippen LogP contribution in [0, 0.1) is 0 Å². The molecule has 0 atom stereocenters. The van der Waals surface area contributed by atoms with E-state index in [1.807, 2.05) is 95.6 Å². The highest BCUT2D eigenvalue weighted by molar-refractivity contribution is 7.99. The van der Waals surface area contributed by atoms with Gasteiger partial charge in [0.05, 0.1) is 12.9 Å². The van der Waals surface area contributed by atoms with Gasteiger partial charge in [0.25, 0.3) is 0 Å². The first-order valence-corrected chi connectivity index (χ1v) is 12.0. The molecule has 0 spiro atoms. The number of fused-ring (bicyclic) bond motifs is 1. The highest BCUT2D eigenvalue weighted by Crippen LogP contribution is 2.30. The van der Waals surface area contributed by atoms with Crippen molar-refractivity contribution >= 4 is 39.9 Å². The van der Waals surface area contributed by atoms with Crippen molar-refractivity contribution in [2.75, 3.05) is 12.9 Å². The lowest BCUT2D eigenvalue weighted by atomic mass is 10.1. The van der Waals surface area contributed by atoms with E-state index in [9.17, 15) is 4.79 Å². The van der Waals surface area contributed by atoms with Crippen molar-refractivity contribution in [1.82, 2.24) is 14.8 Å². The largest absolute Gasteiger partial charge is 0.497 e. The molecule has 5 rings (SSSR count). The molecular weight excluding hydrogens is 466 g/mol. The number of ether oxygens (including phenoxy) is 1. The third kappa shape index (κ3) is 4.55. The van der Waals surface area contributed by atoms with E-state index in [4.69, 9.17) is 16.3 Å². The van der Waals surface area contributed by atoms with Gasteiger partial charge in [0.2, 0.25) is 0 Å². The number of thioether (sulfide) groups is 1. The first-order chi connectivity index (χ1) is 16.6. The molecule has 1 aromatic heterocycles. The van der Waals surface area contributed by atoms with Gasteiger partial charge in [0.15, 0.2) is 16.8 Å². The van der Waals surface area contributed by atoms with Gasteiger partial charge >= 0.3 is 0 Å². The van der Waals surface area contributed by atoms with Crippen molar-refractivity contribution in [1.29, 1.82) is 0 Å². The fourth-order valence-electron chi connectivity index (χ4n) is 3.69. The lowest BCUT2D eigenvalue weighted by molar-refractivity contribution is 0.102. The molecule has 0 aliphatic heterocycles. The Morgan fingerprint density at radius 3 is 2.38 bits per heavy atom. The topological polar surface area (TPSA) is 57.0 Å². The van der Waals surface area contributed by atoms with Gasteiger partial charge in [0, 0.05) is 21.8 Å². The van der Waals surface area contributed by atoms with Gasteiger partial charge in [-0.1, -0.05) is 59.8 Å². The van der Waals surface area contributed by atoms with Crippen molar-refractivity contribution in [2.45, 2.75) is 5.16 Å². The Morgan fingerprint density at radius 1 is 0.912 bits per heavy atom. The first-order valence-electron chi connectivity index (χ1n) is 10.6. The number of rotatable bonds is 7. The van der Waals surface area contributed by atoms with Crippen LogP contribution in [0.3, 0.4) is 0 Å². The standard InChI is InChI=1S/C27H20ClN3O2S/c1-33-24-14-8-19(9-15-24)26-29-30-27(31(26)23-12-10-22(28)11-13-23)34-17-25(32)21-7-6-18-4-2-3-5-20(18)16-21/h2-16H,17H2,1H3. The summed E-state index contributed by atoms with van der Waals surface area (Å²) in [6.45, 7) is 0. The van der Waals surface area contributed by atoms with E-state index in [1.54, 1.807) is 7.11 Å². The molecule has 4 aromatic carbocycles. The van der Waals surface area contributed by atoms with Crippen LogP contribution in [0.15, 0.2) is 96.2 Å². The van der Waals surface area contributed by atoms with Crippen LogP contribution in [-0.4, -0.2) is 33.4 Å². The minimum absolute atomic E-state index is 0.0346. The lowest BCUT2D eigenvalue weighted by Gasteiger charge is -2.11. The molecule has 34 heavy (non-hydrogen) atoms. The van der Waals surface area contributed by atoms with Crippen LogP contribution in [0.5, 0.6) is 5.75 Å². The van der Waals surface area contributed by atoms with E-state index in [-0.39, 0.29) is 11.5 Å². The van der Waals surface area contributed by atoms with Crippen LogP contribution in [0.25, 0.3) is 27.8 Å². The van der Waals surface area contributed by atoms with E-state index >= 15 is 0 Å². The van der Waals surface area contributed by atoms with Crippen LogP contribution < -0.4 is 4.74 Å². The van der Waals surface area contributed by atoms with Gasteiger partial charge in [-0.05, 0) is 65.4 Å². The molecule has 0 radical (unpaired) electrons. The Hall–Kier alpha value is -3.61. The number of carbonyl (C=O) groups excluding carboxylic acids is 1. The number of carbonyl (C=O) groups is 1. The number of Topliss-reactive ketones (excluding diaryl/α,β-unsaturated/α-hetero) is 1. The Labute approximate surface area is 206 Å². The monoisotopic (exact) mass is 485 g/mol. The molecule has 7 heteroatoms. The molecule has 0 aliphatic rings. The summed E-state index contributed by atoms with van der Waals surface area (Å²) in [6, 6.07) is 28.9. The zero-order valence-corrected chi connectivity index (χ0v) is 19.9. The smallest absolute Gasteiger partial charge is 0.196 e. The summed E-state index contributed by atoms with van der Waals surface area (Å²) < 4.78 is 7.21. The van der Waals surface area contributed by atoms with Crippen LogP contribution in [0.4, 0.5) is 0 Å². The van der Waals surface area contributed by atoms with Crippen molar-refractivity contribution < 1.29 is 9.53 Å². The van der Waals surface area contributed by atoms with Crippen LogP contribution in [0.2, 0.25) is 5.02 Å². The minimum atomic E-state index is 0.0346. The summed E-state index contributed by atoms with van der Waals surface area (Å²) in [7, 11) is 1.63. The second-order valence-corrected chi connectivity index (χ2v) is 9.00. The highest BCUT2D eigenvalue weighted by atomic mass is 35.5. The summed E-state index contributed by atoms with van der Waals surface area (Å²) in [5.74, 6) is 1.71. The molecule has 0 unspecified atom stereocenters. The average Bonchev–Trinajstić information content (AvgIpc) is 3.31. The van der Waals surface area contributed by atoms with Gasteiger partial charge in [-0.15, -0.1) is 10.2 Å². The molecule has 5 nitrogen and oxygen atoms in total. The van der Waals surface area contributed by atoms with E-state index < -0.39 is 0 Å². The van der Waals surface area contributed by atoms with Crippen LogP contribution >= 0.6 is 23.4 Å². The molecule has 0 saturated carbocycles. The Balaban J connectivity index is 1.46. The Bertz CT molecular complexity index is 1460. The summed E-state index contributed by atoms with van der Waals surface area (Å²) in [4.78, 5) is 13.0. The molecule has 0 N–H and O–H groups in total. The second kappa shape index (κ2) is 9.71. The number of hydrogen-bond acceptors (Lipinski definition) is 5. The summed E-state index contributed by atoms with van der Waals surface area (Å²) in [5.41, 5.74) is 2.43.